The molecule has 0 unspecified atom stereocenters. The maximum absolute atomic E-state index is 10.4. The highest BCUT2D eigenvalue weighted by Gasteiger charge is 2.04. The maximum atomic E-state index is 10.4. The standard InChI is InChI=1S/C14H21NO3/c1-11-5-4-6-13(12(11)2)18-10-9-15(3)8-7-14(16)17/h4-6H,7-10H2,1-3H3,(H,16,17). The number of ether oxygens (including phenoxy) is 1. The number of likely N-dealkylation sites (N-methyl/N-ethyl adjacent to an activating group) is 1. The molecular formula is C14H21NO3. The van der Waals surface area contributed by atoms with Crippen molar-refractivity contribution in [3.8, 4) is 5.75 Å². The highest BCUT2D eigenvalue weighted by atomic mass is 16.5. The second-order valence-electron chi connectivity index (χ2n) is 4.49. The van der Waals surface area contributed by atoms with Gasteiger partial charge in [0.05, 0.1) is 6.42 Å². The first kappa shape index (κ1) is 14.5. The molecule has 1 aromatic rings. The van der Waals surface area contributed by atoms with Crippen molar-refractivity contribution in [3.05, 3.63) is 29.3 Å². The zero-order valence-corrected chi connectivity index (χ0v) is 11.3. The molecule has 0 saturated heterocycles. The van der Waals surface area contributed by atoms with Crippen molar-refractivity contribution in [2.75, 3.05) is 26.7 Å². The van der Waals surface area contributed by atoms with Gasteiger partial charge in [0.15, 0.2) is 0 Å². The molecule has 1 rings (SSSR count). The molecule has 0 spiro atoms. The summed E-state index contributed by atoms with van der Waals surface area (Å²) in [7, 11) is 1.90. The minimum atomic E-state index is -0.766. The van der Waals surface area contributed by atoms with Gasteiger partial charge in [-0.3, -0.25) is 4.79 Å². The number of benzene rings is 1. The number of carboxylic acid groups (broad SMARTS) is 1. The lowest BCUT2D eigenvalue weighted by atomic mass is 10.1. The second-order valence-corrected chi connectivity index (χ2v) is 4.49. The van der Waals surface area contributed by atoms with Gasteiger partial charge in [0.25, 0.3) is 0 Å². The molecule has 100 valence electrons. The monoisotopic (exact) mass is 251 g/mol. The summed E-state index contributed by atoms with van der Waals surface area (Å²) in [5.74, 6) is 0.138. The van der Waals surface area contributed by atoms with Crippen LogP contribution >= 0.6 is 0 Å². The van der Waals surface area contributed by atoms with Gasteiger partial charge in [-0.25, -0.2) is 0 Å². The van der Waals surface area contributed by atoms with Gasteiger partial charge < -0.3 is 14.7 Å². The zero-order chi connectivity index (χ0) is 13.5. The molecule has 0 saturated carbocycles. The van der Waals surface area contributed by atoms with Gasteiger partial charge in [-0.1, -0.05) is 12.1 Å². The number of nitrogens with zero attached hydrogens (tertiary/aromatic N) is 1. The summed E-state index contributed by atoms with van der Waals surface area (Å²) in [6.45, 7) is 5.94. The summed E-state index contributed by atoms with van der Waals surface area (Å²) in [6.07, 6.45) is 0.167. The molecule has 18 heavy (non-hydrogen) atoms. The van der Waals surface area contributed by atoms with E-state index in [4.69, 9.17) is 9.84 Å². The number of hydrogen-bond donors (Lipinski definition) is 1. The fourth-order valence-electron chi connectivity index (χ4n) is 1.59. The van der Waals surface area contributed by atoms with Crippen LogP contribution in [0.4, 0.5) is 0 Å². The minimum absolute atomic E-state index is 0.167. The SMILES string of the molecule is Cc1cccc(OCCN(C)CCC(=O)O)c1C. The number of aliphatic carboxylic acids is 1. The van der Waals surface area contributed by atoms with Crippen LogP contribution in [0.25, 0.3) is 0 Å². The molecule has 0 atom stereocenters. The number of carbonyl (C=O) groups is 1. The molecule has 0 aliphatic heterocycles. The van der Waals surface area contributed by atoms with Gasteiger partial charge in [-0.2, -0.15) is 0 Å². The Labute approximate surface area is 108 Å². The summed E-state index contributed by atoms with van der Waals surface area (Å²) in [4.78, 5) is 12.4. The first-order valence-electron chi connectivity index (χ1n) is 6.10. The normalized spacial score (nSPS) is 10.7. The summed E-state index contributed by atoms with van der Waals surface area (Å²) in [5.41, 5.74) is 2.37. The zero-order valence-electron chi connectivity index (χ0n) is 11.3. The molecule has 0 aliphatic rings. The van der Waals surface area contributed by atoms with Crippen LogP contribution < -0.4 is 4.74 Å². The molecule has 4 heteroatoms. The quantitative estimate of drug-likeness (QED) is 0.806. The van der Waals surface area contributed by atoms with E-state index in [0.29, 0.717) is 13.2 Å². The van der Waals surface area contributed by atoms with Crippen molar-refractivity contribution in [1.82, 2.24) is 4.90 Å². The van der Waals surface area contributed by atoms with Gasteiger partial charge in [0, 0.05) is 13.1 Å². The topological polar surface area (TPSA) is 49.8 Å². The largest absolute Gasteiger partial charge is 0.492 e. The molecule has 0 fully saturated rings. The molecular weight excluding hydrogens is 230 g/mol. The highest BCUT2D eigenvalue weighted by molar-refractivity contribution is 5.66. The van der Waals surface area contributed by atoms with E-state index in [0.717, 1.165) is 17.9 Å². The van der Waals surface area contributed by atoms with Crippen LogP contribution in [0.3, 0.4) is 0 Å². The minimum Gasteiger partial charge on any atom is -0.492 e. The van der Waals surface area contributed by atoms with Crippen LogP contribution in [-0.4, -0.2) is 42.7 Å². The molecule has 0 aliphatic carbocycles. The predicted molar refractivity (Wildman–Crippen MR) is 71.2 cm³/mol. The maximum Gasteiger partial charge on any atom is 0.304 e. The van der Waals surface area contributed by atoms with Crippen molar-refractivity contribution in [2.24, 2.45) is 0 Å². The molecule has 1 aromatic carbocycles. The average molecular weight is 251 g/mol. The summed E-state index contributed by atoms with van der Waals surface area (Å²) in [6, 6.07) is 5.99. The molecule has 0 heterocycles. The highest BCUT2D eigenvalue weighted by Crippen LogP contribution is 2.20. The van der Waals surface area contributed by atoms with Crippen LogP contribution in [0.2, 0.25) is 0 Å². The van der Waals surface area contributed by atoms with E-state index in [1.54, 1.807) is 0 Å². The van der Waals surface area contributed by atoms with Crippen LogP contribution in [0.5, 0.6) is 5.75 Å². The summed E-state index contributed by atoms with van der Waals surface area (Å²) < 4.78 is 5.71. The van der Waals surface area contributed by atoms with Gasteiger partial charge in [0.1, 0.15) is 12.4 Å². The Morgan fingerprint density at radius 2 is 2.06 bits per heavy atom. The lowest BCUT2D eigenvalue weighted by Crippen LogP contribution is -2.26. The van der Waals surface area contributed by atoms with E-state index in [9.17, 15) is 4.79 Å². The van der Waals surface area contributed by atoms with Gasteiger partial charge in [-0.05, 0) is 38.1 Å². The molecule has 1 N–H and O–H groups in total. The van der Waals surface area contributed by atoms with Crippen molar-refractivity contribution in [2.45, 2.75) is 20.3 Å². The van der Waals surface area contributed by atoms with E-state index in [-0.39, 0.29) is 6.42 Å². The fourth-order valence-corrected chi connectivity index (χ4v) is 1.59. The van der Waals surface area contributed by atoms with Crippen molar-refractivity contribution in [3.63, 3.8) is 0 Å². The fraction of sp³-hybridized carbons (Fsp3) is 0.500. The molecule has 0 bridgehead atoms. The van der Waals surface area contributed by atoms with Crippen molar-refractivity contribution in [1.29, 1.82) is 0 Å². The Morgan fingerprint density at radius 3 is 2.72 bits per heavy atom. The first-order valence-corrected chi connectivity index (χ1v) is 6.10. The van der Waals surface area contributed by atoms with Crippen molar-refractivity contribution < 1.29 is 14.6 Å². The number of rotatable bonds is 7. The van der Waals surface area contributed by atoms with Crippen LogP contribution in [0.15, 0.2) is 18.2 Å². The predicted octanol–water partition coefficient (Wildman–Crippen LogP) is 2.09. The van der Waals surface area contributed by atoms with E-state index in [2.05, 4.69) is 13.0 Å². The summed E-state index contributed by atoms with van der Waals surface area (Å²) >= 11 is 0. The first-order chi connectivity index (χ1) is 8.50. The smallest absolute Gasteiger partial charge is 0.304 e. The van der Waals surface area contributed by atoms with Crippen molar-refractivity contribution >= 4 is 5.97 Å². The average Bonchev–Trinajstić information content (AvgIpc) is 2.32. The molecule has 0 amide bonds. The van der Waals surface area contributed by atoms with E-state index in [1.807, 2.05) is 31.0 Å². The third kappa shape index (κ3) is 4.75. The number of aryl methyl sites for hydroxylation is 1. The Kier molecular flexibility index (Phi) is 5.65. The lowest BCUT2D eigenvalue weighted by molar-refractivity contribution is -0.137. The van der Waals surface area contributed by atoms with Crippen LogP contribution in [0.1, 0.15) is 17.5 Å². The number of carboxylic acids is 1. The number of hydrogen-bond acceptors (Lipinski definition) is 3. The Balaban J connectivity index is 2.33. The van der Waals surface area contributed by atoms with Gasteiger partial charge in [-0.15, -0.1) is 0 Å². The van der Waals surface area contributed by atoms with Crippen LogP contribution in [0, 0.1) is 13.8 Å². The third-order valence-electron chi connectivity index (χ3n) is 2.99. The van der Waals surface area contributed by atoms with Gasteiger partial charge in [0.2, 0.25) is 0 Å². The molecule has 4 nitrogen and oxygen atoms in total. The second kappa shape index (κ2) is 7.01. The van der Waals surface area contributed by atoms with E-state index >= 15 is 0 Å². The molecule has 0 aromatic heterocycles. The Bertz CT molecular complexity index is 404. The molecule has 0 radical (unpaired) electrons. The lowest BCUT2D eigenvalue weighted by Gasteiger charge is -2.17. The van der Waals surface area contributed by atoms with Gasteiger partial charge >= 0.3 is 5.97 Å². The summed E-state index contributed by atoms with van der Waals surface area (Å²) in [5, 5.41) is 8.57. The van der Waals surface area contributed by atoms with E-state index < -0.39 is 5.97 Å². The Morgan fingerprint density at radius 1 is 1.33 bits per heavy atom. The van der Waals surface area contributed by atoms with Crippen LogP contribution in [-0.2, 0) is 4.79 Å². The Hall–Kier alpha value is -1.55. The third-order valence-corrected chi connectivity index (χ3v) is 2.99. The van der Waals surface area contributed by atoms with E-state index in [1.165, 1.54) is 5.56 Å².